The van der Waals surface area contributed by atoms with Crippen LogP contribution < -0.4 is 15.4 Å². The second-order valence-corrected chi connectivity index (χ2v) is 5.96. The van der Waals surface area contributed by atoms with Gasteiger partial charge in [-0.15, -0.1) is 0 Å². The normalized spacial score (nSPS) is 15.5. The van der Waals surface area contributed by atoms with Gasteiger partial charge in [-0.25, -0.2) is 4.98 Å². The number of hydrogen-bond donors (Lipinski definition) is 2. The van der Waals surface area contributed by atoms with Crippen molar-refractivity contribution in [3.05, 3.63) is 35.5 Å². The van der Waals surface area contributed by atoms with Gasteiger partial charge >= 0.3 is 0 Å². The van der Waals surface area contributed by atoms with Gasteiger partial charge in [0.25, 0.3) is 0 Å². The number of aliphatic hydroxyl groups excluding tert-OH is 1. The highest BCUT2D eigenvalue weighted by atomic mass is 35.5. The minimum absolute atomic E-state index is 0.170. The summed E-state index contributed by atoms with van der Waals surface area (Å²) in [5.41, 5.74) is 5.76. The van der Waals surface area contributed by atoms with Gasteiger partial charge < -0.3 is 20.5 Å². The highest BCUT2D eigenvalue weighted by Gasteiger charge is 2.21. The maximum Gasteiger partial charge on any atom is 0.222 e. The number of aromatic nitrogens is 2. The van der Waals surface area contributed by atoms with Crippen LogP contribution in [0.1, 0.15) is 0 Å². The number of hydrogen-bond acceptors (Lipinski definition) is 7. The number of rotatable bonds is 5. The lowest BCUT2D eigenvalue weighted by atomic mass is 10.3. The zero-order chi connectivity index (χ0) is 16.9. The molecule has 0 amide bonds. The third-order valence-corrected chi connectivity index (χ3v) is 4.10. The number of piperazine rings is 1. The van der Waals surface area contributed by atoms with Gasteiger partial charge in [0.2, 0.25) is 5.95 Å². The van der Waals surface area contributed by atoms with Gasteiger partial charge in [0.1, 0.15) is 5.75 Å². The van der Waals surface area contributed by atoms with Crippen LogP contribution in [-0.4, -0.2) is 59.3 Å². The first-order chi connectivity index (χ1) is 11.7. The summed E-state index contributed by atoms with van der Waals surface area (Å²) >= 11 is 6.00. The molecule has 1 fully saturated rings. The Hall–Kier alpha value is -2.09. The molecule has 1 saturated heterocycles. The standard InChI is InChI=1S/C16H20ClN5O2/c17-12-2-1-3-13(10-12)24-14-11-19-16(18)20-15(14)22-6-4-21(5-7-22)8-9-23/h1-3,10-11,23H,4-9H2,(H2,18,19,20). The van der Waals surface area contributed by atoms with Crippen LogP contribution in [0.25, 0.3) is 0 Å². The van der Waals surface area contributed by atoms with Gasteiger partial charge in [-0.3, -0.25) is 4.90 Å². The minimum atomic E-state index is 0.170. The number of nitrogen functional groups attached to an aromatic ring is 1. The van der Waals surface area contributed by atoms with Crippen LogP contribution in [0.15, 0.2) is 30.5 Å². The fourth-order valence-electron chi connectivity index (χ4n) is 2.66. The molecule has 1 aliphatic rings. The average molecular weight is 350 g/mol. The van der Waals surface area contributed by atoms with Crippen LogP contribution in [-0.2, 0) is 0 Å². The third kappa shape index (κ3) is 4.05. The van der Waals surface area contributed by atoms with E-state index in [9.17, 15) is 0 Å². The lowest BCUT2D eigenvalue weighted by Gasteiger charge is -2.35. The highest BCUT2D eigenvalue weighted by Crippen LogP contribution is 2.32. The first-order valence-corrected chi connectivity index (χ1v) is 8.17. The van der Waals surface area contributed by atoms with E-state index in [1.54, 1.807) is 18.3 Å². The summed E-state index contributed by atoms with van der Waals surface area (Å²) < 4.78 is 5.91. The molecule has 0 radical (unpaired) electrons. The van der Waals surface area contributed by atoms with Crippen molar-refractivity contribution in [1.82, 2.24) is 14.9 Å². The van der Waals surface area contributed by atoms with Gasteiger partial charge in [0.05, 0.1) is 12.8 Å². The first-order valence-electron chi connectivity index (χ1n) is 7.80. The molecule has 1 aromatic carbocycles. The molecule has 128 valence electrons. The Morgan fingerprint density at radius 2 is 2.04 bits per heavy atom. The molecule has 24 heavy (non-hydrogen) atoms. The number of nitrogens with zero attached hydrogens (tertiary/aromatic N) is 4. The van der Waals surface area contributed by atoms with E-state index < -0.39 is 0 Å². The van der Waals surface area contributed by atoms with Gasteiger partial charge in [0, 0.05) is 37.7 Å². The SMILES string of the molecule is Nc1ncc(Oc2cccc(Cl)c2)c(N2CCN(CCO)CC2)n1. The number of aliphatic hydroxyl groups is 1. The Bertz CT molecular complexity index is 692. The summed E-state index contributed by atoms with van der Waals surface area (Å²) in [6.07, 6.45) is 1.58. The van der Waals surface area contributed by atoms with E-state index in [2.05, 4.69) is 19.8 Å². The van der Waals surface area contributed by atoms with Crippen molar-refractivity contribution in [2.45, 2.75) is 0 Å². The van der Waals surface area contributed by atoms with Gasteiger partial charge in [-0.2, -0.15) is 4.98 Å². The Kier molecular flexibility index (Phi) is 5.34. The Morgan fingerprint density at radius 3 is 2.75 bits per heavy atom. The van der Waals surface area contributed by atoms with Crippen LogP contribution in [0.3, 0.4) is 0 Å². The molecule has 1 aliphatic heterocycles. The van der Waals surface area contributed by atoms with Crippen molar-refractivity contribution in [3.63, 3.8) is 0 Å². The fourth-order valence-corrected chi connectivity index (χ4v) is 2.84. The molecule has 3 rings (SSSR count). The summed E-state index contributed by atoms with van der Waals surface area (Å²) in [6.45, 7) is 4.11. The second kappa shape index (κ2) is 7.65. The molecule has 0 atom stereocenters. The molecule has 0 aliphatic carbocycles. The predicted octanol–water partition coefficient (Wildman–Crippen LogP) is 1.62. The van der Waals surface area contributed by atoms with Gasteiger partial charge in [-0.1, -0.05) is 17.7 Å². The van der Waals surface area contributed by atoms with Crippen molar-refractivity contribution in [1.29, 1.82) is 0 Å². The number of nitrogens with two attached hydrogens (primary N) is 1. The largest absolute Gasteiger partial charge is 0.452 e. The van der Waals surface area contributed by atoms with Gasteiger partial charge in [0.15, 0.2) is 11.6 Å². The maximum absolute atomic E-state index is 9.05. The van der Waals surface area contributed by atoms with Crippen molar-refractivity contribution in [2.75, 3.05) is 50.0 Å². The van der Waals surface area contributed by atoms with Crippen molar-refractivity contribution < 1.29 is 9.84 Å². The van der Waals surface area contributed by atoms with Crippen LogP contribution >= 0.6 is 11.6 Å². The van der Waals surface area contributed by atoms with E-state index in [0.29, 0.717) is 28.9 Å². The molecule has 7 nitrogen and oxygen atoms in total. The molecule has 0 saturated carbocycles. The maximum atomic E-state index is 9.05. The lowest BCUT2D eigenvalue weighted by molar-refractivity contribution is 0.188. The number of ether oxygens (including phenoxy) is 1. The molecule has 2 aromatic rings. The first kappa shape index (κ1) is 16.8. The van der Waals surface area contributed by atoms with E-state index in [-0.39, 0.29) is 12.6 Å². The minimum Gasteiger partial charge on any atom is -0.452 e. The average Bonchev–Trinajstić information content (AvgIpc) is 2.58. The fraction of sp³-hybridized carbons (Fsp3) is 0.375. The van der Waals surface area contributed by atoms with Crippen molar-refractivity contribution in [3.8, 4) is 11.5 Å². The highest BCUT2D eigenvalue weighted by molar-refractivity contribution is 6.30. The summed E-state index contributed by atoms with van der Waals surface area (Å²) in [6, 6.07) is 7.17. The molecule has 8 heteroatoms. The molecular formula is C16H20ClN5O2. The Balaban J connectivity index is 1.79. The predicted molar refractivity (Wildman–Crippen MR) is 93.7 cm³/mol. The van der Waals surface area contributed by atoms with Crippen LogP contribution in [0.4, 0.5) is 11.8 Å². The Morgan fingerprint density at radius 1 is 1.25 bits per heavy atom. The quantitative estimate of drug-likeness (QED) is 0.848. The van der Waals surface area contributed by atoms with Crippen molar-refractivity contribution >= 4 is 23.4 Å². The van der Waals surface area contributed by atoms with E-state index in [0.717, 1.165) is 26.2 Å². The lowest BCUT2D eigenvalue weighted by Crippen LogP contribution is -2.47. The van der Waals surface area contributed by atoms with Crippen LogP contribution in [0.2, 0.25) is 5.02 Å². The van der Waals surface area contributed by atoms with E-state index >= 15 is 0 Å². The molecular weight excluding hydrogens is 330 g/mol. The summed E-state index contributed by atoms with van der Waals surface area (Å²) in [7, 11) is 0. The zero-order valence-corrected chi connectivity index (χ0v) is 14.0. The van der Waals surface area contributed by atoms with Crippen LogP contribution in [0, 0.1) is 0 Å². The summed E-state index contributed by atoms with van der Waals surface area (Å²) in [5.74, 6) is 2.05. The van der Waals surface area contributed by atoms with Crippen LogP contribution in [0.5, 0.6) is 11.5 Å². The zero-order valence-electron chi connectivity index (χ0n) is 13.2. The number of benzene rings is 1. The molecule has 0 unspecified atom stereocenters. The van der Waals surface area contributed by atoms with Gasteiger partial charge in [-0.05, 0) is 18.2 Å². The molecule has 1 aromatic heterocycles. The second-order valence-electron chi connectivity index (χ2n) is 5.53. The van der Waals surface area contributed by atoms with E-state index in [1.807, 2.05) is 12.1 Å². The summed E-state index contributed by atoms with van der Waals surface area (Å²) in [5, 5.41) is 9.65. The van der Waals surface area contributed by atoms with Crippen molar-refractivity contribution in [2.24, 2.45) is 0 Å². The monoisotopic (exact) mass is 349 g/mol. The number of halogens is 1. The molecule has 0 spiro atoms. The molecule has 2 heterocycles. The third-order valence-electron chi connectivity index (χ3n) is 3.87. The molecule has 0 bridgehead atoms. The van der Waals surface area contributed by atoms with E-state index in [4.69, 9.17) is 27.2 Å². The summed E-state index contributed by atoms with van der Waals surface area (Å²) in [4.78, 5) is 12.7. The van der Waals surface area contributed by atoms with E-state index in [1.165, 1.54) is 0 Å². The molecule has 3 N–H and O–H groups in total. The topological polar surface area (TPSA) is 87.7 Å². The Labute approximate surface area is 145 Å². The smallest absolute Gasteiger partial charge is 0.222 e. The number of anilines is 2. The number of β-amino-alcohol motifs (C(OH)–C–C–N with tert-alkyl or cyclic N) is 1.